The zero-order valence-corrected chi connectivity index (χ0v) is 9.63. The second-order valence-corrected chi connectivity index (χ2v) is 4.50. The highest BCUT2D eigenvalue weighted by atomic mass is 15.2. The number of anilines is 1. The van der Waals surface area contributed by atoms with Crippen molar-refractivity contribution < 1.29 is 0 Å². The molecule has 0 amide bonds. The number of benzene rings is 1. The van der Waals surface area contributed by atoms with Crippen LogP contribution in [0.25, 0.3) is 11.3 Å². The molecule has 4 N–H and O–H groups in total. The summed E-state index contributed by atoms with van der Waals surface area (Å²) in [4.78, 5) is 4.64. The number of aromatic nitrogens is 2. The van der Waals surface area contributed by atoms with E-state index in [0.717, 1.165) is 42.0 Å². The molecule has 1 atom stereocenters. The zero-order chi connectivity index (χ0) is 11.8. The van der Waals surface area contributed by atoms with E-state index < -0.39 is 0 Å². The summed E-state index contributed by atoms with van der Waals surface area (Å²) in [5.74, 6) is 1.07. The van der Waals surface area contributed by atoms with Crippen LogP contribution in [-0.4, -0.2) is 9.55 Å². The van der Waals surface area contributed by atoms with Gasteiger partial charge in [0.1, 0.15) is 5.82 Å². The first-order valence-corrected chi connectivity index (χ1v) is 5.94. The number of imidazole rings is 1. The predicted octanol–water partition coefficient (Wildman–Crippen LogP) is 1.93. The van der Waals surface area contributed by atoms with Crippen LogP contribution >= 0.6 is 0 Å². The zero-order valence-electron chi connectivity index (χ0n) is 9.63. The molecule has 17 heavy (non-hydrogen) atoms. The Morgan fingerprint density at radius 2 is 2.12 bits per heavy atom. The molecule has 0 bridgehead atoms. The Hall–Kier alpha value is -1.81. The predicted molar refractivity (Wildman–Crippen MR) is 68.2 cm³/mol. The summed E-state index contributed by atoms with van der Waals surface area (Å²) >= 11 is 0. The van der Waals surface area contributed by atoms with Crippen LogP contribution in [0.3, 0.4) is 0 Å². The van der Waals surface area contributed by atoms with Crippen molar-refractivity contribution in [1.82, 2.24) is 9.55 Å². The van der Waals surface area contributed by atoms with Gasteiger partial charge < -0.3 is 16.0 Å². The highest BCUT2D eigenvalue weighted by molar-refractivity contribution is 5.73. The molecule has 1 unspecified atom stereocenters. The molecule has 4 nitrogen and oxygen atoms in total. The van der Waals surface area contributed by atoms with E-state index in [1.807, 2.05) is 30.5 Å². The maximum atomic E-state index is 6.07. The maximum Gasteiger partial charge on any atom is 0.110 e. The van der Waals surface area contributed by atoms with E-state index in [-0.39, 0.29) is 6.17 Å². The van der Waals surface area contributed by atoms with Gasteiger partial charge in [-0.05, 0) is 18.9 Å². The summed E-state index contributed by atoms with van der Waals surface area (Å²) in [5.41, 5.74) is 14.7. The number of nitrogen functional groups attached to an aromatic ring is 1. The van der Waals surface area contributed by atoms with E-state index in [0.29, 0.717) is 0 Å². The lowest BCUT2D eigenvalue weighted by molar-refractivity contribution is 0.408. The Bertz CT molecular complexity index is 544. The van der Waals surface area contributed by atoms with Crippen molar-refractivity contribution in [2.45, 2.75) is 25.4 Å². The standard InChI is InChI=1S/C13H16N4/c14-10-5-2-1-4-9(10)11-8-17-12(15)6-3-7-13(17)16-11/h1-2,4-5,8,12H,3,6-7,14-15H2. The summed E-state index contributed by atoms with van der Waals surface area (Å²) in [7, 11) is 0. The molecule has 0 saturated carbocycles. The fourth-order valence-electron chi connectivity index (χ4n) is 2.37. The van der Waals surface area contributed by atoms with Gasteiger partial charge in [0.15, 0.2) is 0 Å². The van der Waals surface area contributed by atoms with Crippen molar-refractivity contribution in [2.75, 3.05) is 5.73 Å². The smallest absolute Gasteiger partial charge is 0.110 e. The number of nitrogens with two attached hydrogens (primary N) is 2. The minimum atomic E-state index is 0.0601. The SMILES string of the molecule is Nc1ccccc1-c1cn2c(n1)CCCC2N. The van der Waals surface area contributed by atoms with Crippen LogP contribution in [0.15, 0.2) is 30.5 Å². The first-order valence-electron chi connectivity index (χ1n) is 5.94. The number of aryl methyl sites for hydroxylation is 1. The minimum absolute atomic E-state index is 0.0601. The van der Waals surface area contributed by atoms with E-state index in [2.05, 4.69) is 9.55 Å². The topological polar surface area (TPSA) is 69.9 Å². The van der Waals surface area contributed by atoms with E-state index >= 15 is 0 Å². The molecular weight excluding hydrogens is 212 g/mol. The van der Waals surface area contributed by atoms with E-state index in [4.69, 9.17) is 11.5 Å². The third-order valence-corrected chi connectivity index (χ3v) is 3.30. The van der Waals surface area contributed by atoms with Gasteiger partial charge in [0.2, 0.25) is 0 Å². The van der Waals surface area contributed by atoms with Crippen molar-refractivity contribution in [3.05, 3.63) is 36.3 Å². The highest BCUT2D eigenvalue weighted by Crippen LogP contribution is 2.28. The second-order valence-electron chi connectivity index (χ2n) is 4.50. The molecule has 1 aliphatic heterocycles. The summed E-state index contributed by atoms with van der Waals surface area (Å²) in [6.45, 7) is 0. The Morgan fingerprint density at radius 1 is 1.29 bits per heavy atom. The van der Waals surface area contributed by atoms with Crippen molar-refractivity contribution in [2.24, 2.45) is 5.73 Å². The quantitative estimate of drug-likeness (QED) is 0.733. The lowest BCUT2D eigenvalue weighted by Crippen LogP contribution is -2.24. The summed E-state index contributed by atoms with van der Waals surface area (Å²) in [5, 5.41) is 0. The third kappa shape index (κ3) is 1.70. The average Bonchev–Trinajstić information content (AvgIpc) is 2.75. The van der Waals surface area contributed by atoms with E-state index in [1.165, 1.54) is 0 Å². The molecule has 88 valence electrons. The molecule has 1 aliphatic rings. The number of fused-ring (bicyclic) bond motifs is 1. The van der Waals surface area contributed by atoms with Gasteiger partial charge in [0, 0.05) is 23.9 Å². The fraction of sp³-hybridized carbons (Fsp3) is 0.308. The van der Waals surface area contributed by atoms with Gasteiger partial charge in [0.25, 0.3) is 0 Å². The molecular formula is C13H16N4. The first kappa shape index (κ1) is 10.4. The molecule has 4 heteroatoms. The van der Waals surface area contributed by atoms with Crippen molar-refractivity contribution in [1.29, 1.82) is 0 Å². The molecule has 0 saturated heterocycles. The van der Waals surface area contributed by atoms with Crippen LogP contribution in [0.5, 0.6) is 0 Å². The number of rotatable bonds is 1. The van der Waals surface area contributed by atoms with Gasteiger partial charge in [-0.2, -0.15) is 0 Å². The van der Waals surface area contributed by atoms with Gasteiger partial charge in [-0.1, -0.05) is 18.2 Å². The van der Waals surface area contributed by atoms with Crippen LogP contribution in [0.1, 0.15) is 24.8 Å². The van der Waals surface area contributed by atoms with Crippen LogP contribution in [-0.2, 0) is 6.42 Å². The van der Waals surface area contributed by atoms with Crippen LogP contribution in [0, 0.1) is 0 Å². The van der Waals surface area contributed by atoms with Gasteiger partial charge in [-0.25, -0.2) is 4.98 Å². The Kier molecular flexibility index (Phi) is 2.37. The van der Waals surface area contributed by atoms with Gasteiger partial charge in [-0.15, -0.1) is 0 Å². The Morgan fingerprint density at radius 3 is 2.88 bits per heavy atom. The fourth-order valence-corrected chi connectivity index (χ4v) is 2.37. The molecule has 2 heterocycles. The molecule has 2 aromatic rings. The van der Waals surface area contributed by atoms with Gasteiger partial charge in [0.05, 0.1) is 11.9 Å². The van der Waals surface area contributed by atoms with Gasteiger partial charge in [-0.3, -0.25) is 0 Å². The summed E-state index contributed by atoms with van der Waals surface area (Å²) in [6, 6.07) is 7.80. The summed E-state index contributed by atoms with van der Waals surface area (Å²) < 4.78 is 2.07. The van der Waals surface area contributed by atoms with Crippen molar-refractivity contribution in [3.63, 3.8) is 0 Å². The summed E-state index contributed by atoms with van der Waals surface area (Å²) in [6.07, 6.45) is 5.21. The minimum Gasteiger partial charge on any atom is -0.398 e. The van der Waals surface area contributed by atoms with Gasteiger partial charge >= 0.3 is 0 Å². The largest absolute Gasteiger partial charge is 0.398 e. The van der Waals surface area contributed by atoms with E-state index in [9.17, 15) is 0 Å². The Balaban J connectivity index is 2.08. The lowest BCUT2D eigenvalue weighted by atomic mass is 10.1. The number of para-hydroxylation sites is 1. The molecule has 0 aliphatic carbocycles. The van der Waals surface area contributed by atoms with Crippen LogP contribution in [0.4, 0.5) is 5.69 Å². The number of nitrogens with zero attached hydrogens (tertiary/aromatic N) is 2. The lowest BCUT2D eigenvalue weighted by Gasteiger charge is -2.20. The first-order chi connectivity index (χ1) is 8.25. The Labute approximate surface area is 100 Å². The van der Waals surface area contributed by atoms with Crippen LogP contribution < -0.4 is 11.5 Å². The molecule has 0 radical (unpaired) electrons. The van der Waals surface area contributed by atoms with Crippen molar-refractivity contribution in [3.8, 4) is 11.3 Å². The van der Waals surface area contributed by atoms with Crippen molar-refractivity contribution >= 4 is 5.69 Å². The highest BCUT2D eigenvalue weighted by Gasteiger charge is 2.19. The monoisotopic (exact) mass is 228 g/mol. The van der Waals surface area contributed by atoms with E-state index in [1.54, 1.807) is 0 Å². The molecule has 1 aromatic carbocycles. The molecule has 1 aromatic heterocycles. The second kappa shape index (κ2) is 3.89. The number of hydrogen-bond donors (Lipinski definition) is 2. The molecule has 3 rings (SSSR count). The normalized spacial score (nSPS) is 19.0. The molecule has 0 spiro atoms. The average molecular weight is 228 g/mol. The van der Waals surface area contributed by atoms with Crippen LogP contribution in [0.2, 0.25) is 0 Å². The third-order valence-electron chi connectivity index (χ3n) is 3.30. The number of hydrogen-bond acceptors (Lipinski definition) is 3. The molecule has 0 fully saturated rings. The maximum absolute atomic E-state index is 6.07.